The summed E-state index contributed by atoms with van der Waals surface area (Å²) in [4.78, 5) is 21.4. The molecule has 112 valence electrons. The van der Waals surface area contributed by atoms with Crippen LogP contribution in [0.15, 0.2) is 27.7 Å². The average molecular weight is 312 g/mol. The Kier molecular flexibility index (Phi) is 6.01. The van der Waals surface area contributed by atoms with Gasteiger partial charge in [0.05, 0.1) is 12.7 Å². The van der Waals surface area contributed by atoms with E-state index in [0.717, 1.165) is 0 Å². The molecular formula is C11H12N4O5S. The highest BCUT2D eigenvalue weighted by molar-refractivity contribution is 7.80. The monoisotopic (exact) mass is 312 g/mol. The molecule has 10 heteroatoms. The zero-order valence-electron chi connectivity index (χ0n) is 10.9. The Morgan fingerprint density at radius 1 is 1.67 bits per heavy atom. The highest BCUT2D eigenvalue weighted by Crippen LogP contribution is 2.16. The molecule has 0 amide bonds. The molecule has 1 rings (SSSR count). The van der Waals surface area contributed by atoms with Gasteiger partial charge in [-0.2, -0.15) is 5.10 Å². The lowest BCUT2D eigenvalue weighted by molar-refractivity contribution is -0.402. The van der Waals surface area contributed by atoms with Gasteiger partial charge in [-0.3, -0.25) is 15.5 Å². The standard InChI is InChI=1S/C11H12N4O5S/c1-2-19-10(16)8(13-14-11(12)21)5-3-7-4-6-9(20-7)15(17)18/h3-6H,2H2,1H3,(H3,12,14,21)/b5-3+,13-8-. The molecule has 1 aromatic rings. The molecule has 0 bridgehead atoms. The van der Waals surface area contributed by atoms with Crippen molar-refractivity contribution in [2.45, 2.75) is 6.92 Å². The molecule has 0 spiro atoms. The molecule has 0 radical (unpaired) electrons. The summed E-state index contributed by atoms with van der Waals surface area (Å²) in [5, 5.41) is 14.0. The third-order valence-corrected chi connectivity index (χ3v) is 2.06. The third-order valence-electron chi connectivity index (χ3n) is 1.97. The number of hydrogen-bond acceptors (Lipinski definition) is 7. The molecule has 0 aliphatic carbocycles. The predicted octanol–water partition coefficient (Wildman–Crippen LogP) is 0.953. The minimum absolute atomic E-state index is 0.122. The van der Waals surface area contributed by atoms with Gasteiger partial charge in [-0.15, -0.1) is 0 Å². The van der Waals surface area contributed by atoms with Gasteiger partial charge in [0.25, 0.3) is 0 Å². The van der Waals surface area contributed by atoms with Gasteiger partial charge < -0.3 is 14.9 Å². The van der Waals surface area contributed by atoms with Crippen molar-refractivity contribution in [2.75, 3.05) is 6.61 Å². The summed E-state index contributed by atoms with van der Waals surface area (Å²) < 4.78 is 9.68. The molecule has 0 saturated heterocycles. The molecule has 1 aromatic heterocycles. The first-order valence-electron chi connectivity index (χ1n) is 5.66. The van der Waals surface area contributed by atoms with Crippen molar-refractivity contribution in [2.24, 2.45) is 10.8 Å². The number of rotatable bonds is 6. The normalized spacial score (nSPS) is 11.4. The van der Waals surface area contributed by atoms with Crippen molar-refractivity contribution < 1.29 is 18.9 Å². The van der Waals surface area contributed by atoms with Crippen LogP contribution in [-0.2, 0) is 9.53 Å². The third kappa shape index (κ3) is 5.40. The quantitative estimate of drug-likeness (QED) is 0.261. The summed E-state index contributed by atoms with van der Waals surface area (Å²) in [6, 6.07) is 2.56. The minimum atomic E-state index is -0.710. The van der Waals surface area contributed by atoms with Crippen LogP contribution < -0.4 is 11.2 Å². The molecule has 1 heterocycles. The predicted molar refractivity (Wildman–Crippen MR) is 78.4 cm³/mol. The second-order valence-corrected chi connectivity index (χ2v) is 3.90. The van der Waals surface area contributed by atoms with Crippen molar-refractivity contribution in [3.63, 3.8) is 0 Å². The summed E-state index contributed by atoms with van der Waals surface area (Å²) in [7, 11) is 0. The van der Waals surface area contributed by atoms with Gasteiger partial charge in [-0.05, 0) is 37.4 Å². The Labute approximate surface area is 124 Å². The maximum absolute atomic E-state index is 11.6. The fraction of sp³-hybridized carbons (Fsp3) is 0.182. The van der Waals surface area contributed by atoms with Crippen LogP contribution in [0.5, 0.6) is 0 Å². The van der Waals surface area contributed by atoms with E-state index in [-0.39, 0.29) is 23.2 Å². The van der Waals surface area contributed by atoms with E-state index in [2.05, 4.69) is 22.7 Å². The Morgan fingerprint density at radius 3 is 2.90 bits per heavy atom. The van der Waals surface area contributed by atoms with Gasteiger partial charge in [-0.1, -0.05) is 0 Å². The maximum Gasteiger partial charge on any atom is 0.433 e. The van der Waals surface area contributed by atoms with Crippen LogP contribution in [0.25, 0.3) is 6.08 Å². The number of carbonyl (C=O) groups excluding carboxylic acids is 1. The van der Waals surface area contributed by atoms with Gasteiger partial charge in [0, 0.05) is 0 Å². The molecule has 0 atom stereocenters. The summed E-state index contributed by atoms with van der Waals surface area (Å²) in [5.41, 5.74) is 7.33. The Morgan fingerprint density at radius 2 is 2.38 bits per heavy atom. The lowest BCUT2D eigenvalue weighted by Crippen LogP contribution is -2.27. The first kappa shape index (κ1) is 16.3. The molecule has 9 nitrogen and oxygen atoms in total. The van der Waals surface area contributed by atoms with Crippen LogP contribution in [-0.4, -0.2) is 28.3 Å². The molecule has 0 aliphatic heterocycles. The number of thiocarbonyl (C=S) groups is 1. The lowest BCUT2D eigenvalue weighted by Gasteiger charge is -2.02. The molecule has 0 unspecified atom stereocenters. The van der Waals surface area contributed by atoms with Crippen LogP contribution in [0, 0.1) is 10.1 Å². The second-order valence-electron chi connectivity index (χ2n) is 3.46. The van der Waals surface area contributed by atoms with Crippen LogP contribution in [0.2, 0.25) is 0 Å². The van der Waals surface area contributed by atoms with Crippen LogP contribution >= 0.6 is 12.2 Å². The van der Waals surface area contributed by atoms with Gasteiger partial charge in [-0.25, -0.2) is 4.79 Å². The number of nitro groups is 1. The molecule has 0 saturated carbocycles. The fourth-order valence-corrected chi connectivity index (χ4v) is 1.21. The number of furan rings is 1. The fourth-order valence-electron chi connectivity index (χ4n) is 1.16. The van der Waals surface area contributed by atoms with Crippen LogP contribution in [0.4, 0.5) is 5.88 Å². The van der Waals surface area contributed by atoms with E-state index in [4.69, 9.17) is 14.9 Å². The zero-order chi connectivity index (χ0) is 15.8. The molecule has 21 heavy (non-hydrogen) atoms. The van der Waals surface area contributed by atoms with E-state index < -0.39 is 16.8 Å². The number of hydrogen-bond donors (Lipinski definition) is 2. The van der Waals surface area contributed by atoms with E-state index in [9.17, 15) is 14.9 Å². The SMILES string of the molecule is CCOC(=O)C(/C=C/c1ccc([N+](=O)[O-])o1)=N\NC(N)=S. The van der Waals surface area contributed by atoms with Crippen molar-refractivity contribution in [1.82, 2.24) is 5.43 Å². The highest BCUT2D eigenvalue weighted by Gasteiger charge is 2.12. The number of esters is 1. The van der Waals surface area contributed by atoms with Crippen LogP contribution in [0.3, 0.4) is 0 Å². The number of hydrazone groups is 1. The number of nitrogens with one attached hydrogen (secondary N) is 1. The smallest absolute Gasteiger partial charge is 0.433 e. The second kappa shape index (κ2) is 7.75. The van der Waals surface area contributed by atoms with Crippen molar-refractivity contribution in [1.29, 1.82) is 0 Å². The maximum atomic E-state index is 11.6. The van der Waals surface area contributed by atoms with Crippen LogP contribution in [0.1, 0.15) is 12.7 Å². The topological polar surface area (TPSA) is 133 Å². The summed E-state index contributed by atoms with van der Waals surface area (Å²) >= 11 is 4.56. The van der Waals surface area contributed by atoms with Crippen molar-refractivity contribution in [3.8, 4) is 0 Å². The average Bonchev–Trinajstić information content (AvgIpc) is 2.87. The number of nitrogens with zero attached hydrogens (tertiary/aromatic N) is 2. The molecular weight excluding hydrogens is 300 g/mol. The minimum Gasteiger partial charge on any atom is -0.461 e. The molecule has 3 N–H and O–H groups in total. The summed E-state index contributed by atoms with van der Waals surface area (Å²) in [6.07, 6.45) is 2.58. The summed E-state index contributed by atoms with van der Waals surface area (Å²) in [6.45, 7) is 1.79. The van der Waals surface area contributed by atoms with E-state index in [1.165, 1.54) is 24.3 Å². The van der Waals surface area contributed by atoms with E-state index in [1.807, 2.05) is 0 Å². The highest BCUT2D eigenvalue weighted by atomic mass is 32.1. The summed E-state index contributed by atoms with van der Waals surface area (Å²) in [5.74, 6) is -0.946. The Hall–Kier alpha value is -2.75. The number of nitrogens with two attached hydrogens (primary N) is 1. The number of ether oxygens (including phenoxy) is 1. The van der Waals surface area contributed by atoms with E-state index in [1.54, 1.807) is 6.92 Å². The molecule has 0 aliphatic rings. The van der Waals surface area contributed by atoms with Crippen molar-refractivity contribution in [3.05, 3.63) is 34.1 Å². The lowest BCUT2D eigenvalue weighted by atomic mass is 10.3. The first-order chi connectivity index (χ1) is 9.93. The molecule has 0 aromatic carbocycles. The number of carbonyl (C=O) groups is 1. The van der Waals surface area contributed by atoms with E-state index >= 15 is 0 Å². The van der Waals surface area contributed by atoms with E-state index in [0.29, 0.717) is 0 Å². The van der Waals surface area contributed by atoms with Gasteiger partial charge in [0.2, 0.25) is 0 Å². The van der Waals surface area contributed by atoms with Crippen molar-refractivity contribution >= 4 is 41.0 Å². The Bertz CT molecular complexity index is 608. The zero-order valence-corrected chi connectivity index (χ0v) is 11.8. The largest absolute Gasteiger partial charge is 0.461 e. The molecule has 0 fully saturated rings. The van der Waals surface area contributed by atoms with Gasteiger partial charge in [0.15, 0.2) is 10.8 Å². The van der Waals surface area contributed by atoms with Gasteiger partial charge in [0.1, 0.15) is 10.7 Å². The van der Waals surface area contributed by atoms with Gasteiger partial charge >= 0.3 is 11.9 Å². The Balaban J connectivity index is 2.90. The first-order valence-corrected chi connectivity index (χ1v) is 6.07.